The maximum absolute atomic E-state index is 12.9. The standard InChI is InChI=1S/C21H18N2O2S/c1-25-17-9-5-8-16(12-17)22-21(24)19-13-20-18(10-11-26-20)23(19)14-15-6-3-2-4-7-15/h2-13H,14H2,1H3,(H,22,24). The minimum Gasteiger partial charge on any atom is -0.497 e. The van der Waals surface area contributed by atoms with Gasteiger partial charge in [-0.1, -0.05) is 36.4 Å². The Bertz CT molecular complexity index is 1050. The van der Waals surface area contributed by atoms with Crippen molar-refractivity contribution < 1.29 is 9.53 Å². The van der Waals surface area contributed by atoms with Crippen LogP contribution >= 0.6 is 11.3 Å². The van der Waals surface area contributed by atoms with Crippen LogP contribution in [0.4, 0.5) is 5.69 Å². The zero-order valence-corrected chi connectivity index (χ0v) is 15.1. The van der Waals surface area contributed by atoms with Crippen LogP contribution in [0.5, 0.6) is 5.75 Å². The fourth-order valence-corrected chi connectivity index (χ4v) is 3.82. The summed E-state index contributed by atoms with van der Waals surface area (Å²) in [6.07, 6.45) is 0. The SMILES string of the molecule is COc1cccc(NC(=O)c2cc3sccc3n2Cc2ccccc2)c1. The number of benzene rings is 2. The number of thiophene rings is 1. The number of ether oxygens (including phenoxy) is 1. The molecular weight excluding hydrogens is 344 g/mol. The van der Waals surface area contributed by atoms with Crippen LogP contribution in [0, 0.1) is 0 Å². The van der Waals surface area contributed by atoms with Gasteiger partial charge in [0.15, 0.2) is 0 Å². The summed E-state index contributed by atoms with van der Waals surface area (Å²) >= 11 is 1.64. The minimum absolute atomic E-state index is 0.127. The third-order valence-corrected chi connectivity index (χ3v) is 5.12. The third kappa shape index (κ3) is 3.21. The normalized spacial score (nSPS) is 10.8. The van der Waals surface area contributed by atoms with E-state index in [1.165, 1.54) is 0 Å². The number of carbonyl (C=O) groups excluding carboxylic acids is 1. The molecule has 0 aliphatic carbocycles. The number of rotatable bonds is 5. The van der Waals surface area contributed by atoms with Crippen LogP contribution in [0.1, 0.15) is 16.1 Å². The van der Waals surface area contributed by atoms with Crippen LogP contribution in [0.15, 0.2) is 72.1 Å². The van der Waals surface area contributed by atoms with E-state index in [1.807, 2.05) is 48.5 Å². The first-order valence-corrected chi connectivity index (χ1v) is 9.18. The van der Waals surface area contributed by atoms with Crippen molar-refractivity contribution in [2.24, 2.45) is 0 Å². The number of anilines is 1. The summed E-state index contributed by atoms with van der Waals surface area (Å²) in [6.45, 7) is 0.655. The molecule has 4 rings (SSSR count). The fourth-order valence-electron chi connectivity index (χ4n) is 3.00. The second-order valence-corrected chi connectivity index (χ2v) is 6.91. The van der Waals surface area contributed by atoms with Crippen molar-refractivity contribution in [3.8, 4) is 5.75 Å². The van der Waals surface area contributed by atoms with Crippen molar-refractivity contribution in [2.45, 2.75) is 6.54 Å². The van der Waals surface area contributed by atoms with E-state index in [4.69, 9.17) is 4.74 Å². The second-order valence-electron chi connectivity index (χ2n) is 5.96. The molecule has 2 heterocycles. The molecule has 2 aromatic carbocycles. The summed E-state index contributed by atoms with van der Waals surface area (Å²) in [6, 6.07) is 21.6. The van der Waals surface area contributed by atoms with Gasteiger partial charge in [-0.15, -0.1) is 11.3 Å². The summed E-state index contributed by atoms with van der Waals surface area (Å²) < 4.78 is 8.40. The van der Waals surface area contributed by atoms with E-state index in [0.717, 1.165) is 15.8 Å². The molecule has 4 aromatic rings. The quantitative estimate of drug-likeness (QED) is 0.542. The first kappa shape index (κ1) is 16.4. The predicted molar refractivity (Wildman–Crippen MR) is 106 cm³/mol. The highest BCUT2D eigenvalue weighted by Gasteiger charge is 2.17. The van der Waals surface area contributed by atoms with E-state index >= 15 is 0 Å². The maximum Gasteiger partial charge on any atom is 0.272 e. The summed E-state index contributed by atoms with van der Waals surface area (Å²) in [4.78, 5) is 12.9. The van der Waals surface area contributed by atoms with Crippen molar-refractivity contribution >= 4 is 33.1 Å². The summed E-state index contributed by atoms with van der Waals surface area (Å²) in [7, 11) is 1.61. The van der Waals surface area contributed by atoms with Crippen LogP contribution in [-0.4, -0.2) is 17.6 Å². The molecule has 0 radical (unpaired) electrons. The van der Waals surface area contributed by atoms with Crippen molar-refractivity contribution in [2.75, 3.05) is 12.4 Å². The lowest BCUT2D eigenvalue weighted by Gasteiger charge is -2.11. The Kier molecular flexibility index (Phi) is 4.46. The zero-order chi connectivity index (χ0) is 17.9. The van der Waals surface area contributed by atoms with Gasteiger partial charge in [0.1, 0.15) is 11.4 Å². The van der Waals surface area contributed by atoms with Gasteiger partial charge in [-0.05, 0) is 35.2 Å². The number of amides is 1. The molecule has 2 aromatic heterocycles. The summed E-state index contributed by atoms with van der Waals surface area (Å²) in [5, 5.41) is 5.03. The van der Waals surface area contributed by atoms with Gasteiger partial charge in [0.2, 0.25) is 0 Å². The highest BCUT2D eigenvalue weighted by Crippen LogP contribution is 2.27. The Balaban J connectivity index is 1.67. The van der Waals surface area contributed by atoms with Crippen LogP contribution < -0.4 is 10.1 Å². The molecule has 1 amide bonds. The number of hydrogen-bond acceptors (Lipinski definition) is 3. The molecule has 0 aliphatic heterocycles. The highest BCUT2D eigenvalue weighted by atomic mass is 32.1. The molecule has 130 valence electrons. The highest BCUT2D eigenvalue weighted by molar-refractivity contribution is 7.17. The van der Waals surface area contributed by atoms with Crippen molar-refractivity contribution in [3.05, 3.63) is 83.4 Å². The molecule has 5 heteroatoms. The molecule has 0 atom stereocenters. The number of nitrogens with one attached hydrogen (secondary N) is 1. The molecule has 0 saturated heterocycles. The van der Waals surface area contributed by atoms with Gasteiger partial charge in [-0.3, -0.25) is 4.79 Å². The Morgan fingerprint density at radius 1 is 1.08 bits per heavy atom. The van der Waals surface area contributed by atoms with E-state index in [1.54, 1.807) is 18.4 Å². The molecule has 4 nitrogen and oxygen atoms in total. The molecule has 0 bridgehead atoms. The van der Waals surface area contributed by atoms with Crippen molar-refractivity contribution in [1.82, 2.24) is 4.57 Å². The zero-order valence-electron chi connectivity index (χ0n) is 14.3. The van der Waals surface area contributed by atoms with Crippen LogP contribution in [0.25, 0.3) is 10.2 Å². The minimum atomic E-state index is -0.127. The molecule has 0 aliphatic rings. The van der Waals surface area contributed by atoms with E-state index in [2.05, 4.69) is 33.5 Å². The Morgan fingerprint density at radius 2 is 1.92 bits per heavy atom. The topological polar surface area (TPSA) is 43.3 Å². The Morgan fingerprint density at radius 3 is 2.73 bits per heavy atom. The van der Waals surface area contributed by atoms with Crippen LogP contribution in [0.2, 0.25) is 0 Å². The smallest absolute Gasteiger partial charge is 0.272 e. The van der Waals surface area contributed by atoms with Crippen LogP contribution in [0.3, 0.4) is 0 Å². The lowest BCUT2D eigenvalue weighted by molar-refractivity contribution is 0.101. The number of carbonyl (C=O) groups is 1. The lowest BCUT2D eigenvalue weighted by Crippen LogP contribution is -2.17. The van der Waals surface area contributed by atoms with Crippen molar-refractivity contribution in [3.63, 3.8) is 0 Å². The van der Waals surface area contributed by atoms with E-state index in [0.29, 0.717) is 23.7 Å². The summed E-state index contributed by atoms with van der Waals surface area (Å²) in [5.74, 6) is 0.584. The van der Waals surface area contributed by atoms with Gasteiger partial charge in [-0.25, -0.2) is 0 Å². The monoisotopic (exact) mass is 362 g/mol. The van der Waals surface area contributed by atoms with Gasteiger partial charge in [0.25, 0.3) is 5.91 Å². The molecule has 0 saturated carbocycles. The average molecular weight is 362 g/mol. The average Bonchev–Trinajstić information content (AvgIpc) is 3.25. The fraction of sp³-hybridized carbons (Fsp3) is 0.0952. The maximum atomic E-state index is 12.9. The largest absolute Gasteiger partial charge is 0.497 e. The Labute approximate surface area is 155 Å². The molecule has 0 spiro atoms. The first-order valence-electron chi connectivity index (χ1n) is 8.30. The number of methoxy groups -OCH3 is 1. The molecular formula is C21H18N2O2S. The number of hydrogen-bond donors (Lipinski definition) is 1. The number of nitrogens with zero attached hydrogens (tertiary/aromatic N) is 1. The lowest BCUT2D eigenvalue weighted by atomic mass is 10.2. The van der Waals surface area contributed by atoms with E-state index < -0.39 is 0 Å². The summed E-state index contributed by atoms with van der Waals surface area (Å²) in [5.41, 5.74) is 3.60. The van der Waals surface area contributed by atoms with Gasteiger partial charge in [-0.2, -0.15) is 0 Å². The third-order valence-electron chi connectivity index (χ3n) is 4.27. The van der Waals surface area contributed by atoms with E-state index in [-0.39, 0.29) is 5.91 Å². The number of fused-ring (bicyclic) bond motifs is 1. The molecule has 1 N–H and O–H groups in total. The van der Waals surface area contributed by atoms with Crippen LogP contribution in [-0.2, 0) is 6.54 Å². The second kappa shape index (κ2) is 7.06. The molecule has 0 unspecified atom stereocenters. The predicted octanol–water partition coefficient (Wildman–Crippen LogP) is 5.01. The first-order chi connectivity index (χ1) is 12.7. The van der Waals surface area contributed by atoms with Crippen molar-refractivity contribution in [1.29, 1.82) is 0 Å². The molecule has 26 heavy (non-hydrogen) atoms. The Hall–Kier alpha value is -3.05. The van der Waals surface area contributed by atoms with Gasteiger partial charge in [0, 0.05) is 18.3 Å². The molecule has 0 fully saturated rings. The van der Waals surface area contributed by atoms with Gasteiger partial charge < -0.3 is 14.6 Å². The van der Waals surface area contributed by atoms with E-state index in [9.17, 15) is 4.79 Å². The van der Waals surface area contributed by atoms with Gasteiger partial charge in [0.05, 0.1) is 17.3 Å². The number of aromatic nitrogens is 1. The van der Waals surface area contributed by atoms with Gasteiger partial charge >= 0.3 is 0 Å².